The van der Waals surface area contributed by atoms with Crippen molar-refractivity contribution >= 4 is 29.3 Å². The molecule has 1 atom stereocenters. The van der Waals surface area contributed by atoms with Crippen LogP contribution in [0.15, 0.2) is 17.4 Å². The predicted octanol–water partition coefficient (Wildman–Crippen LogP) is 1.52. The molecule has 0 bridgehead atoms. The molecule has 0 radical (unpaired) electrons. The Kier molecular flexibility index (Phi) is 6.11. The third-order valence-corrected chi connectivity index (χ3v) is 5.41. The van der Waals surface area contributed by atoms with Crippen molar-refractivity contribution in [3.05, 3.63) is 12.3 Å². The Labute approximate surface area is 164 Å². The average Bonchev–Trinajstić information content (AvgIpc) is 3.15. The molecule has 3 amide bonds. The number of amides is 3. The summed E-state index contributed by atoms with van der Waals surface area (Å²) < 4.78 is 1.76. The van der Waals surface area contributed by atoms with Crippen LogP contribution < -0.4 is 10.7 Å². The van der Waals surface area contributed by atoms with Gasteiger partial charge in [0.2, 0.25) is 17.7 Å². The van der Waals surface area contributed by atoms with Crippen LogP contribution >= 0.6 is 0 Å². The second-order valence-corrected chi connectivity index (χ2v) is 7.70. The molecule has 3 heterocycles. The van der Waals surface area contributed by atoms with Crippen LogP contribution in [0, 0.1) is 5.41 Å². The van der Waals surface area contributed by atoms with E-state index in [1.807, 2.05) is 20.0 Å². The van der Waals surface area contributed by atoms with E-state index in [0.717, 1.165) is 25.1 Å². The SMILES string of the molecule is CCn1ccc(NC(=O)C2(C)CCCN(C(=O)CCC3=NNC(=O)CC3)C2)n1. The fraction of sp³-hybridized carbons (Fsp3) is 0.632. The summed E-state index contributed by atoms with van der Waals surface area (Å²) in [6, 6.07) is 1.78. The number of nitrogens with zero attached hydrogens (tertiary/aromatic N) is 4. The first-order valence-electron chi connectivity index (χ1n) is 9.86. The van der Waals surface area contributed by atoms with E-state index >= 15 is 0 Å². The highest BCUT2D eigenvalue weighted by molar-refractivity contribution is 5.96. The van der Waals surface area contributed by atoms with Crippen LogP contribution in [0.2, 0.25) is 0 Å². The van der Waals surface area contributed by atoms with Crippen molar-refractivity contribution in [3.63, 3.8) is 0 Å². The molecule has 1 aromatic rings. The Morgan fingerprint density at radius 3 is 2.86 bits per heavy atom. The highest BCUT2D eigenvalue weighted by Gasteiger charge is 2.39. The number of anilines is 1. The monoisotopic (exact) mass is 388 g/mol. The average molecular weight is 388 g/mol. The van der Waals surface area contributed by atoms with E-state index in [0.29, 0.717) is 44.6 Å². The largest absolute Gasteiger partial charge is 0.342 e. The lowest BCUT2D eigenvalue weighted by Gasteiger charge is -2.39. The number of hydrazone groups is 1. The Morgan fingerprint density at radius 1 is 1.36 bits per heavy atom. The number of carbonyl (C=O) groups is 3. The van der Waals surface area contributed by atoms with Gasteiger partial charge in [-0.2, -0.15) is 10.2 Å². The Bertz CT molecular complexity index is 786. The zero-order valence-corrected chi connectivity index (χ0v) is 16.5. The highest BCUT2D eigenvalue weighted by atomic mass is 16.2. The highest BCUT2D eigenvalue weighted by Crippen LogP contribution is 2.31. The molecule has 3 rings (SSSR count). The molecule has 9 nitrogen and oxygen atoms in total. The van der Waals surface area contributed by atoms with Crippen LogP contribution in [-0.2, 0) is 20.9 Å². The summed E-state index contributed by atoms with van der Waals surface area (Å²) in [5.41, 5.74) is 2.66. The summed E-state index contributed by atoms with van der Waals surface area (Å²) in [5.74, 6) is 0.366. The number of hydrogen-bond acceptors (Lipinski definition) is 5. The van der Waals surface area contributed by atoms with Gasteiger partial charge in [0.25, 0.3) is 0 Å². The van der Waals surface area contributed by atoms with Gasteiger partial charge in [-0.1, -0.05) is 0 Å². The standard InChI is InChI=1S/C19H28N6O3/c1-3-25-12-9-15(23-25)20-18(28)19(2)10-4-11-24(13-19)17(27)8-6-14-5-7-16(26)22-21-14/h9,12H,3-8,10-11,13H2,1-2H3,(H,22,26)(H,20,23,28). The third-order valence-electron chi connectivity index (χ3n) is 5.41. The van der Waals surface area contributed by atoms with E-state index in [1.165, 1.54) is 0 Å². The molecule has 28 heavy (non-hydrogen) atoms. The topological polar surface area (TPSA) is 109 Å². The minimum absolute atomic E-state index is 0.0218. The van der Waals surface area contributed by atoms with E-state index < -0.39 is 5.41 Å². The van der Waals surface area contributed by atoms with Gasteiger partial charge in [-0.25, -0.2) is 5.43 Å². The predicted molar refractivity (Wildman–Crippen MR) is 104 cm³/mol. The molecular formula is C19H28N6O3. The van der Waals surface area contributed by atoms with E-state index in [4.69, 9.17) is 0 Å². The fourth-order valence-electron chi connectivity index (χ4n) is 3.61. The number of hydrogen-bond donors (Lipinski definition) is 2. The summed E-state index contributed by atoms with van der Waals surface area (Å²) in [5, 5.41) is 11.2. The van der Waals surface area contributed by atoms with Crippen LogP contribution in [0.5, 0.6) is 0 Å². The maximum atomic E-state index is 12.8. The quantitative estimate of drug-likeness (QED) is 0.770. The fourth-order valence-corrected chi connectivity index (χ4v) is 3.61. The first-order valence-corrected chi connectivity index (χ1v) is 9.86. The lowest BCUT2D eigenvalue weighted by molar-refractivity contribution is -0.138. The summed E-state index contributed by atoms with van der Waals surface area (Å²) in [6.45, 7) is 5.69. The van der Waals surface area contributed by atoms with Crippen molar-refractivity contribution in [2.24, 2.45) is 10.5 Å². The lowest BCUT2D eigenvalue weighted by Crippen LogP contribution is -2.50. The van der Waals surface area contributed by atoms with Gasteiger partial charge < -0.3 is 10.2 Å². The van der Waals surface area contributed by atoms with Gasteiger partial charge in [0.15, 0.2) is 5.82 Å². The number of aryl methyl sites for hydroxylation is 1. The second-order valence-electron chi connectivity index (χ2n) is 7.70. The number of nitrogens with one attached hydrogen (secondary N) is 2. The molecule has 0 aromatic carbocycles. The van der Waals surface area contributed by atoms with Gasteiger partial charge in [-0.15, -0.1) is 0 Å². The molecule has 0 saturated carbocycles. The van der Waals surface area contributed by atoms with Gasteiger partial charge in [-0.05, 0) is 39.5 Å². The van der Waals surface area contributed by atoms with Crippen LogP contribution in [0.25, 0.3) is 0 Å². The Balaban J connectivity index is 1.54. The van der Waals surface area contributed by atoms with Crippen molar-refractivity contribution in [1.29, 1.82) is 0 Å². The number of rotatable bonds is 6. The molecule has 2 aliphatic rings. The molecule has 0 spiro atoms. The van der Waals surface area contributed by atoms with Crippen molar-refractivity contribution < 1.29 is 14.4 Å². The number of piperidine rings is 1. The maximum Gasteiger partial charge on any atom is 0.240 e. The smallest absolute Gasteiger partial charge is 0.240 e. The van der Waals surface area contributed by atoms with Crippen molar-refractivity contribution in [3.8, 4) is 0 Å². The molecule has 152 valence electrons. The minimum atomic E-state index is -0.639. The molecule has 1 aromatic heterocycles. The van der Waals surface area contributed by atoms with Gasteiger partial charge in [0, 0.05) is 50.5 Å². The molecule has 2 aliphatic heterocycles. The zero-order valence-electron chi connectivity index (χ0n) is 16.5. The van der Waals surface area contributed by atoms with E-state index in [2.05, 4.69) is 20.9 Å². The zero-order chi connectivity index (χ0) is 20.1. The first-order chi connectivity index (χ1) is 13.4. The molecule has 9 heteroatoms. The minimum Gasteiger partial charge on any atom is -0.342 e. The third kappa shape index (κ3) is 4.76. The Morgan fingerprint density at radius 2 is 2.18 bits per heavy atom. The van der Waals surface area contributed by atoms with Crippen molar-refractivity contribution in [2.45, 2.75) is 58.9 Å². The maximum absolute atomic E-state index is 12.8. The summed E-state index contributed by atoms with van der Waals surface area (Å²) in [6.07, 6.45) is 5.24. The van der Waals surface area contributed by atoms with Gasteiger partial charge in [-0.3, -0.25) is 19.1 Å². The van der Waals surface area contributed by atoms with E-state index in [1.54, 1.807) is 15.6 Å². The summed E-state index contributed by atoms with van der Waals surface area (Å²) in [4.78, 5) is 38.4. The molecule has 2 N–H and O–H groups in total. The second kappa shape index (κ2) is 8.53. The number of aromatic nitrogens is 2. The van der Waals surface area contributed by atoms with Crippen LogP contribution in [0.1, 0.15) is 52.4 Å². The van der Waals surface area contributed by atoms with Crippen molar-refractivity contribution in [2.75, 3.05) is 18.4 Å². The van der Waals surface area contributed by atoms with Crippen LogP contribution in [-0.4, -0.2) is 51.2 Å². The normalized spacial score (nSPS) is 22.4. The number of carbonyl (C=O) groups excluding carboxylic acids is 3. The molecule has 1 unspecified atom stereocenters. The van der Waals surface area contributed by atoms with Gasteiger partial charge in [0.05, 0.1) is 5.41 Å². The molecular weight excluding hydrogens is 360 g/mol. The molecule has 1 saturated heterocycles. The first kappa shape index (κ1) is 20.0. The summed E-state index contributed by atoms with van der Waals surface area (Å²) >= 11 is 0. The van der Waals surface area contributed by atoms with Crippen LogP contribution in [0.3, 0.4) is 0 Å². The molecule has 0 aliphatic carbocycles. The summed E-state index contributed by atoms with van der Waals surface area (Å²) in [7, 11) is 0. The van der Waals surface area contributed by atoms with Gasteiger partial charge in [0.1, 0.15) is 0 Å². The van der Waals surface area contributed by atoms with E-state index in [9.17, 15) is 14.4 Å². The van der Waals surface area contributed by atoms with Crippen LogP contribution in [0.4, 0.5) is 5.82 Å². The van der Waals surface area contributed by atoms with Crippen molar-refractivity contribution in [1.82, 2.24) is 20.1 Å². The van der Waals surface area contributed by atoms with Gasteiger partial charge >= 0.3 is 0 Å². The molecule has 1 fully saturated rings. The van der Waals surface area contributed by atoms with E-state index in [-0.39, 0.29) is 17.7 Å². The lowest BCUT2D eigenvalue weighted by atomic mass is 9.80. The number of likely N-dealkylation sites (tertiary alicyclic amines) is 1. The Hall–Kier alpha value is -2.71.